The Labute approximate surface area is 172 Å². The molecule has 1 aliphatic carbocycles. The van der Waals surface area contributed by atoms with Crippen LogP contribution in [0.3, 0.4) is 0 Å². The van der Waals surface area contributed by atoms with Crippen LogP contribution in [-0.2, 0) is 0 Å². The van der Waals surface area contributed by atoms with Crippen molar-refractivity contribution in [3.05, 3.63) is 57.6 Å². The van der Waals surface area contributed by atoms with Crippen LogP contribution in [0.4, 0.5) is 0 Å². The van der Waals surface area contributed by atoms with Crippen molar-refractivity contribution in [2.75, 3.05) is 0 Å². The number of hydrogen-bond acceptors (Lipinski definition) is 2. The van der Waals surface area contributed by atoms with Crippen LogP contribution in [-0.4, -0.2) is 39.7 Å². The van der Waals surface area contributed by atoms with Crippen LogP contribution in [0.5, 0.6) is 11.5 Å². The van der Waals surface area contributed by atoms with Crippen molar-refractivity contribution in [1.29, 1.82) is 0 Å². The molecule has 1 saturated heterocycles. The zero-order valence-electron chi connectivity index (χ0n) is 17.7. The topological polar surface area (TPSA) is 24.5 Å². The van der Waals surface area contributed by atoms with Gasteiger partial charge in [0.05, 0.1) is 11.1 Å². The minimum atomic E-state index is -0.917. The molecule has 4 nitrogen and oxygen atoms in total. The molecule has 0 bridgehead atoms. The van der Waals surface area contributed by atoms with Gasteiger partial charge in [-0.2, -0.15) is 0 Å². The SMILES string of the molecule is Cc1cc(C)c2c(c1)C=[N+]1C3CCCCC3[N+]3=Cc4cc(C)cc(C)c4OC13O2. The highest BCUT2D eigenvalue weighted by atomic mass is 16.7. The number of hydrogen-bond donors (Lipinski definition) is 0. The zero-order chi connectivity index (χ0) is 19.9. The first-order chi connectivity index (χ1) is 14.0. The smallest absolute Gasteiger partial charge is 0.340 e. The highest BCUT2D eigenvalue weighted by Gasteiger charge is 2.76. The van der Waals surface area contributed by atoms with Crippen LogP contribution in [0.2, 0.25) is 0 Å². The van der Waals surface area contributed by atoms with Gasteiger partial charge in [0.2, 0.25) is 12.1 Å². The lowest BCUT2D eigenvalue weighted by atomic mass is 9.91. The van der Waals surface area contributed by atoms with E-state index in [0.29, 0.717) is 12.1 Å². The fourth-order valence-corrected chi connectivity index (χ4v) is 5.89. The van der Waals surface area contributed by atoms with E-state index in [4.69, 9.17) is 9.47 Å². The van der Waals surface area contributed by atoms with E-state index in [1.165, 1.54) is 36.8 Å². The summed E-state index contributed by atoms with van der Waals surface area (Å²) in [6.45, 7) is 8.57. The molecule has 3 aliphatic heterocycles. The Morgan fingerprint density at radius 1 is 0.724 bits per heavy atom. The lowest BCUT2D eigenvalue weighted by molar-refractivity contribution is -0.866. The highest BCUT2D eigenvalue weighted by molar-refractivity contribution is 5.84. The third-order valence-corrected chi connectivity index (χ3v) is 6.98. The number of nitrogens with zero attached hydrogens (tertiary/aromatic N) is 2. The molecule has 1 saturated carbocycles. The van der Waals surface area contributed by atoms with E-state index in [1.54, 1.807) is 0 Å². The third-order valence-electron chi connectivity index (χ3n) is 6.98. The van der Waals surface area contributed by atoms with Gasteiger partial charge in [-0.3, -0.25) is 0 Å². The van der Waals surface area contributed by atoms with E-state index in [0.717, 1.165) is 33.8 Å². The molecular weight excluding hydrogens is 360 g/mol. The standard InChI is InChI=1S/C25H28N2O2/c1-15-9-17(3)23-19(11-15)13-26-21-7-5-6-8-22(21)27-14-20-12-16(2)10-18(4)24(20)29-25(26,27)28-23/h9-14,21-22H,5-8H2,1-4H3/q+2. The summed E-state index contributed by atoms with van der Waals surface area (Å²) >= 11 is 0. The van der Waals surface area contributed by atoms with Gasteiger partial charge in [0.1, 0.15) is 0 Å². The maximum absolute atomic E-state index is 6.83. The van der Waals surface area contributed by atoms with Crippen molar-refractivity contribution in [1.82, 2.24) is 0 Å². The van der Waals surface area contributed by atoms with Gasteiger partial charge in [0.15, 0.2) is 23.9 Å². The van der Waals surface area contributed by atoms with Gasteiger partial charge in [-0.1, -0.05) is 21.3 Å². The molecule has 2 unspecified atom stereocenters. The summed E-state index contributed by atoms with van der Waals surface area (Å²) in [6.07, 6.45) is 9.47. The Bertz CT molecular complexity index is 1040. The molecule has 6 rings (SSSR count). The van der Waals surface area contributed by atoms with Gasteiger partial charge < -0.3 is 9.47 Å². The molecule has 0 N–H and O–H groups in total. The van der Waals surface area contributed by atoms with Crippen LogP contribution in [0.15, 0.2) is 24.3 Å². The number of fused-ring (bicyclic) bond motifs is 5. The number of benzene rings is 2. The average Bonchev–Trinajstić information content (AvgIpc) is 2.95. The molecule has 0 amide bonds. The molecule has 2 fully saturated rings. The molecule has 4 aliphatic rings. The minimum Gasteiger partial charge on any atom is -0.340 e. The average molecular weight is 389 g/mol. The van der Waals surface area contributed by atoms with Crippen molar-refractivity contribution < 1.29 is 18.6 Å². The first-order valence-electron chi connectivity index (χ1n) is 10.8. The summed E-state index contributed by atoms with van der Waals surface area (Å²) in [4.78, 5) is 0. The molecule has 0 aromatic heterocycles. The van der Waals surface area contributed by atoms with Crippen molar-refractivity contribution in [2.45, 2.75) is 71.5 Å². The van der Waals surface area contributed by atoms with Gasteiger partial charge >= 0.3 is 6.03 Å². The largest absolute Gasteiger partial charge is 0.704 e. The number of rotatable bonds is 0. The fraction of sp³-hybridized carbons (Fsp3) is 0.440. The lowest BCUT2D eigenvalue weighted by Crippen LogP contribution is -2.60. The predicted molar refractivity (Wildman–Crippen MR) is 113 cm³/mol. The van der Waals surface area contributed by atoms with Gasteiger partial charge in [0.25, 0.3) is 0 Å². The summed E-state index contributed by atoms with van der Waals surface area (Å²) in [5.74, 6) is 1.88. The van der Waals surface area contributed by atoms with E-state index in [9.17, 15) is 0 Å². The van der Waals surface area contributed by atoms with Gasteiger partial charge in [-0.25, -0.2) is 0 Å². The van der Waals surface area contributed by atoms with E-state index in [1.807, 2.05) is 0 Å². The molecule has 4 heteroatoms. The van der Waals surface area contributed by atoms with Gasteiger partial charge in [0, 0.05) is 12.8 Å². The normalized spacial score (nSPS) is 28.6. The van der Waals surface area contributed by atoms with Crippen molar-refractivity contribution in [2.24, 2.45) is 0 Å². The molecule has 2 aromatic rings. The molecular formula is C25H28N2O2+2. The lowest BCUT2D eigenvalue weighted by Gasteiger charge is -2.29. The van der Waals surface area contributed by atoms with Crippen LogP contribution in [0.25, 0.3) is 0 Å². The zero-order valence-corrected chi connectivity index (χ0v) is 17.7. The second kappa shape index (κ2) is 5.71. The second-order valence-corrected chi connectivity index (χ2v) is 9.24. The monoisotopic (exact) mass is 388 g/mol. The predicted octanol–water partition coefficient (Wildman–Crippen LogP) is 4.20. The maximum Gasteiger partial charge on any atom is 0.704 e. The molecule has 3 heterocycles. The quantitative estimate of drug-likeness (QED) is 0.632. The molecule has 148 valence electrons. The summed E-state index contributed by atoms with van der Waals surface area (Å²) < 4.78 is 18.4. The number of aryl methyl sites for hydroxylation is 4. The van der Waals surface area contributed by atoms with Crippen LogP contribution >= 0.6 is 0 Å². The molecule has 2 atom stereocenters. The highest BCUT2D eigenvalue weighted by Crippen LogP contribution is 2.45. The summed E-state index contributed by atoms with van der Waals surface area (Å²) in [5, 5.41) is 0. The third kappa shape index (κ3) is 2.26. The second-order valence-electron chi connectivity index (χ2n) is 9.24. The van der Waals surface area contributed by atoms with E-state index < -0.39 is 6.03 Å². The Hall–Kier alpha value is -2.62. The molecule has 2 aromatic carbocycles. The van der Waals surface area contributed by atoms with Crippen molar-refractivity contribution in [3.63, 3.8) is 0 Å². The number of ether oxygens (including phenoxy) is 2. The van der Waals surface area contributed by atoms with Crippen molar-refractivity contribution in [3.8, 4) is 11.5 Å². The van der Waals surface area contributed by atoms with Crippen LogP contribution < -0.4 is 9.47 Å². The summed E-state index contributed by atoms with van der Waals surface area (Å²) in [6, 6.07) is 8.74. The molecule has 29 heavy (non-hydrogen) atoms. The fourth-order valence-electron chi connectivity index (χ4n) is 5.89. The Morgan fingerprint density at radius 2 is 1.17 bits per heavy atom. The molecule has 0 radical (unpaired) electrons. The Kier molecular flexibility index (Phi) is 3.40. The van der Waals surface area contributed by atoms with Crippen LogP contribution in [0, 0.1) is 27.7 Å². The summed E-state index contributed by atoms with van der Waals surface area (Å²) in [5.41, 5.74) is 7.18. The van der Waals surface area contributed by atoms with Crippen molar-refractivity contribution >= 4 is 12.4 Å². The van der Waals surface area contributed by atoms with E-state index in [2.05, 4.69) is 73.5 Å². The summed E-state index contributed by atoms with van der Waals surface area (Å²) in [7, 11) is 0. The Morgan fingerprint density at radius 3 is 1.62 bits per heavy atom. The van der Waals surface area contributed by atoms with Gasteiger partial charge in [-0.05, 0) is 74.9 Å². The van der Waals surface area contributed by atoms with Crippen LogP contribution in [0.1, 0.15) is 59.1 Å². The van der Waals surface area contributed by atoms with E-state index in [-0.39, 0.29) is 0 Å². The molecule has 1 spiro atoms. The first-order valence-corrected chi connectivity index (χ1v) is 10.8. The van der Waals surface area contributed by atoms with E-state index >= 15 is 0 Å². The maximum atomic E-state index is 6.83. The minimum absolute atomic E-state index is 0.407. The first kappa shape index (κ1) is 17.3. The Balaban J connectivity index is 1.62. The van der Waals surface area contributed by atoms with Gasteiger partial charge in [-0.15, -0.1) is 0 Å².